The molecule has 3 nitrogen and oxygen atoms in total. The van der Waals surface area contributed by atoms with Crippen molar-refractivity contribution in [2.45, 2.75) is 52.6 Å². The molecule has 1 aromatic rings. The van der Waals surface area contributed by atoms with Gasteiger partial charge in [-0.05, 0) is 31.2 Å². The third-order valence-electron chi connectivity index (χ3n) is 3.40. The van der Waals surface area contributed by atoms with Crippen molar-refractivity contribution in [3.05, 3.63) is 35.9 Å². The van der Waals surface area contributed by atoms with E-state index in [9.17, 15) is 4.79 Å². The van der Waals surface area contributed by atoms with Gasteiger partial charge in [-0.15, -0.1) is 0 Å². The predicted octanol–water partition coefficient (Wildman–Crippen LogP) is 4.25. The van der Waals surface area contributed by atoms with Crippen LogP contribution >= 0.6 is 0 Å². The molecular formula is C18H27NO2. The maximum absolute atomic E-state index is 11.0. The molecule has 0 radical (unpaired) electrons. The van der Waals surface area contributed by atoms with Crippen LogP contribution in [0.2, 0.25) is 0 Å². The Balaban J connectivity index is 2.48. The SMILES string of the molecule is CCCCC(CN=Cc1ccccc1)CC(C)OC(C)=O. The highest BCUT2D eigenvalue weighted by atomic mass is 16.5. The fraction of sp³-hybridized carbons (Fsp3) is 0.556. The maximum atomic E-state index is 11.0. The minimum absolute atomic E-state index is 0.0312. The Morgan fingerprint density at radius 3 is 2.67 bits per heavy atom. The van der Waals surface area contributed by atoms with Crippen LogP contribution in [0.1, 0.15) is 52.0 Å². The molecule has 21 heavy (non-hydrogen) atoms. The first-order valence-electron chi connectivity index (χ1n) is 7.84. The Bertz CT molecular complexity index is 428. The fourth-order valence-corrected chi connectivity index (χ4v) is 2.42. The van der Waals surface area contributed by atoms with Crippen LogP contribution in [0, 0.1) is 5.92 Å². The summed E-state index contributed by atoms with van der Waals surface area (Å²) in [4.78, 5) is 15.6. The van der Waals surface area contributed by atoms with E-state index in [4.69, 9.17) is 4.74 Å². The minimum Gasteiger partial charge on any atom is -0.463 e. The van der Waals surface area contributed by atoms with Gasteiger partial charge in [0.1, 0.15) is 0 Å². The smallest absolute Gasteiger partial charge is 0.302 e. The van der Waals surface area contributed by atoms with Gasteiger partial charge >= 0.3 is 5.97 Å². The summed E-state index contributed by atoms with van der Waals surface area (Å²) < 4.78 is 5.23. The average Bonchev–Trinajstić information content (AvgIpc) is 2.44. The zero-order valence-corrected chi connectivity index (χ0v) is 13.4. The number of rotatable bonds is 9. The molecule has 0 aliphatic carbocycles. The number of hydrogen-bond acceptors (Lipinski definition) is 3. The van der Waals surface area contributed by atoms with Gasteiger partial charge in [0.15, 0.2) is 0 Å². The summed E-state index contributed by atoms with van der Waals surface area (Å²) in [7, 11) is 0. The van der Waals surface area contributed by atoms with E-state index in [1.807, 2.05) is 43.5 Å². The number of nitrogens with zero attached hydrogens (tertiary/aromatic N) is 1. The van der Waals surface area contributed by atoms with Crippen LogP contribution in [0.5, 0.6) is 0 Å². The molecule has 0 amide bonds. The summed E-state index contributed by atoms with van der Waals surface area (Å²) in [6.45, 7) is 6.41. The van der Waals surface area contributed by atoms with E-state index in [0.29, 0.717) is 5.92 Å². The fourth-order valence-electron chi connectivity index (χ4n) is 2.42. The van der Waals surface area contributed by atoms with Gasteiger partial charge in [0.25, 0.3) is 0 Å². The lowest BCUT2D eigenvalue weighted by molar-refractivity contribution is -0.146. The van der Waals surface area contributed by atoms with Crippen molar-refractivity contribution in [2.75, 3.05) is 6.54 Å². The average molecular weight is 289 g/mol. The van der Waals surface area contributed by atoms with Gasteiger partial charge in [0.05, 0.1) is 6.10 Å². The van der Waals surface area contributed by atoms with E-state index in [2.05, 4.69) is 11.9 Å². The number of hydrogen-bond donors (Lipinski definition) is 0. The second-order valence-corrected chi connectivity index (χ2v) is 5.57. The molecule has 0 aliphatic rings. The maximum Gasteiger partial charge on any atom is 0.302 e. The van der Waals surface area contributed by atoms with E-state index in [0.717, 1.165) is 24.9 Å². The number of carbonyl (C=O) groups is 1. The van der Waals surface area contributed by atoms with Gasteiger partial charge in [-0.25, -0.2) is 0 Å². The van der Waals surface area contributed by atoms with Gasteiger partial charge in [-0.1, -0.05) is 50.1 Å². The first kappa shape index (κ1) is 17.4. The number of aliphatic imine (C=N–C) groups is 1. The minimum atomic E-state index is -0.204. The molecular weight excluding hydrogens is 262 g/mol. The lowest BCUT2D eigenvalue weighted by Gasteiger charge is -2.19. The van der Waals surface area contributed by atoms with E-state index in [1.165, 1.54) is 19.8 Å². The van der Waals surface area contributed by atoms with E-state index < -0.39 is 0 Å². The molecule has 1 aromatic carbocycles. The second-order valence-electron chi connectivity index (χ2n) is 5.57. The van der Waals surface area contributed by atoms with Crippen LogP contribution in [0.15, 0.2) is 35.3 Å². The van der Waals surface area contributed by atoms with Gasteiger partial charge in [0.2, 0.25) is 0 Å². The van der Waals surface area contributed by atoms with Crippen molar-refractivity contribution in [2.24, 2.45) is 10.9 Å². The van der Waals surface area contributed by atoms with Crippen molar-refractivity contribution in [1.82, 2.24) is 0 Å². The Hall–Kier alpha value is -1.64. The number of esters is 1. The lowest BCUT2D eigenvalue weighted by Crippen LogP contribution is -2.18. The van der Waals surface area contributed by atoms with Gasteiger partial charge in [-0.3, -0.25) is 9.79 Å². The number of carbonyl (C=O) groups excluding carboxylic acids is 1. The summed E-state index contributed by atoms with van der Waals surface area (Å²) in [5.41, 5.74) is 1.12. The Labute approximate surface area is 128 Å². The first-order valence-corrected chi connectivity index (χ1v) is 7.84. The summed E-state index contributed by atoms with van der Waals surface area (Å²) in [6, 6.07) is 10.1. The largest absolute Gasteiger partial charge is 0.463 e. The van der Waals surface area contributed by atoms with Crippen molar-refractivity contribution < 1.29 is 9.53 Å². The quantitative estimate of drug-likeness (QED) is 0.503. The monoisotopic (exact) mass is 289 g/mol. The standard InChI is InChI=1S/C18H27NO2/c1-4-5-9-18(12-15(2)21-16(3)20)14-19-13-17-10-7-6-8-11-17/h6-8,10-11,13,15,18H,4-5,9,12,14H2,1-3H3. The Morgan fingerprint density at radius 1 is 1.33 bits per heavy atom. The summed E-state index contributed by atoms with van der Waals surface area (Å²) in [5.74, 6) is 0.267. The second kappa shape index (κ2) is 10.1. The molecule has 0 saturated heterocycles. The highest BCUT2D eigenvalue weighted by Crippen LogP contribution is 2.17. The van der Waals surface area contributed by atoms with Crippen molar-refractivity contribution in [3.63, 3.8) is 0 Å². The number of ether oxygens (including phenoxy) is 1. The molecule has 0 aliphatic heterocycles. The Kier molecular flexibility index (Phi) is 8.41. The van der Waals surface area contributed by atoms with Crippen LogP contribution in [0.3, 0.4) is 0 Å². The molecule has 3 heteroatoms. The molecule has 0 saturated carbocycles. The number of unbranched alkanes of at least 4 members (excludes halogenated alkanes) is 1. The van der Waals surface area contributed by atoms with Crippen LogP contribution in [-0.2, 0) is 9.53 Å². The van der Waals surface area contributed by atoms with E-state index in [1.54, 1.807) is 0 Å². The predicted molar refractivity (Wildman–Crippen MR) is 87.8 cm³/mol. The Morgan fingerprint density at radius 2 is 2.05 bits per heavy atom. The summed E-state index contributed by atoms with van der Waals surface area (Å²) in [5, 5.41) is 0. The van der Waals surface area contributed by atoms with E-state index >= 15 is 0 Å². The molecule has 0 spiro atoms. The zero-order valence-electron chi connectivity index (χ0n) is 13.4. The van der Waals surface area contributed by atoms with E-state index in [-0.39, 0.29) is 12.1 Å². The van der Waals surface area contributed by atoms with Crippen molar-refractivity contribution in [1.29, 1.82) is 0 Å². The zero-order chi connectivity index (χ0) is 15.5. The van der Waals surface area contributed by atoms with Gasteiger partial charge in [0, 0.05) is 19.7 Å². The molecule has 1 rings (SSSR count). The van der Waals surface area contributed by atoms with Gasteiger partial charge in [-0.2, -0.15) is 0 Å². The highest BCUT2D eigenvalue weighted by molar-refractivity contribution is 5.79. The molecule has 0 N–H and O–H groups in total. The molecule has 0 fully saturated rings. The summed E-state index contributed by atoms with van der Waals surface area (Å²) >= 11 is 0. The van der Waals surface area contributed by atoms with Crippen molar-refractivity contribution in [3.8, 4) is 0 Å². The molecule has 116 valence electrons. The molecule has 2 atom stereocenters. The highest BCUT2D eigenvalue weighted by Gasteiger charge is 2.14. The number of benzene rings is 1. The molecule has 0 heterocycles. The topological polar surface area (TPSA) is 38.7 Å². The lowest BCUT2D eigenvalue weighted by atomic mass is 9.96. The van der Waals surface area contributed by atoms with Crippen LogP contribution < -0.4 is 0 Å². The molecule has 2 unspecified atom stereocenters. The van der Waals surface area contributed by atoms with Crippen LogP contribution in [0.25, 0.3) is 0 Å². The normalized spacial score (nSPS) is 14.0. The third-order valence-corrected chi connectivity index (χ3v) is 3.40. The molecule has 0 bridgehead atoms. The van der Waals surface area contributed by atoms with Gasteiger partial charge < -0.3 is 4.74 Å². The first-order chi connectivity index (χ1) is 10.1. The molecule has 0 aromatic heterocycles. The summed E-state index contributed by atoms with van der Waals surface area (Å²) in [6.07, 6.45) is 6.28. The van der Waals surface area contributed by atoms with Crippen LogP contribution in [-0.4, -0.2) is 24.8 Å². The third kappa shape index (κ3) is 8.28. The van der Waals surface area contributed by atoms with Crippen LogP contribution in [0.4, 0.5) is 0 Å². The van der Waals surface area contributed by atoms with Crippen molar-refractivity contribution >= 4 is 12.2 Å².